The van der Waals surface area contributed by atoms with Gasteiger partial charge in [-0.25, -0.2) is 0 Å². The molecule has 1 saturated carbocycles. The highest BCUT2D eigenvalue weighted by Crippen LogP contribution is 2.34. The van der Waals surface area contributed by atoms with Crippen LogP contribution in [0.1, 0.15) is 24.8 Å². The number of benzene rings is 1. The van der Waals surface area contributed by atoms with Gasteiger partial charge in [-0.2, -0.15) is 0 Å². The van der Waals surface area contributed by atoms with Gasteiger partial charge in [-0.15, -0.1) is 0 Å². The maximum atomic E-state index is 12.8. The number of hydrogen-bond acceptors (Lipinski definition) is 5. The number of fused-ring (bicyclic) bond motifs is 1. The summed E-state index contributed by atoms with van der Waals surface area (Å²) >= 11 is 0. The molecule has 4 aliphatic rings. The van der Waals surface area contributed by atoms with Crippen LogP contribution >= 0.6 is 0 Å². The van der Waals surface area contributed by atoms with Gasteiger partial charge in [0.05, 0.1) is 5.92 Å². The lowest BCUT2D eigenvalue weighted by molar-refractivity contribution is -0.137. The molecule has 5 rings (SSSR count). The van der Waals surface area contributed by atoms with Crippen LogP contribution in [0.5, 0.6) is 11.5 Å². The number of piperazine rings is 1. The van der Waals surface area contributed by atoms with E-state index in [1.54, 1.807) is 0 Å². The number of ether oxygens (including phenoxy) is 2. The molecule has 27 heavy (non-hydrogen) atoms. The van der Waals surface area contributed by atoms with Crippen LogP contribution in [0.15, 0.2) is 18.2 Å². The van der Waals surface area contributed by atoms with E-state index in [-0.39, 0.29) is 17.7 Å². The van der Waals surface area contributed by atoms with Crippen LogP contribution in [0, 0.1) is 5.92 Å². The molecule has 3 heterocycles. The predicted molar refractivity (Wildman–Crippen MR) is 97.3 cm³/mol. The first-order chi connectivity index (χ1) is 13.2. The SMILES string of the molecule is O=C(C1CC(=O)N(C2CC2)C1)N1CCN(Cc2ccc3c(c2)OCO3)CC1. The van der Waals surface area contributed by atoms with E-state index in [0.29, 0.717) is 25.8 Å². The van der Waals surface area contributed by atoms with E-state index in [9.17, 15) is 9.59 Å². The van der Waals surface area contributed by atoms with Crippen LogP contribution in [-0.4, -0.2) is 72.1 Å². The van der Waals surface area contributed by atoms with Crippen molar-refractivity contribution in [3.05, 3.63) is 23.8 Å². The van der Waals surface area contributed by atoms with Crippen LogP contribution in [0.2, 0.25) is 0 Å². The Hall–Kier alpha value is -2.28. The summed E-state index contributed by atoms with van der Waals surface area (Å²) < 4.78 is 10.8. The zero-order valence-electron chi connectivity index (χ0n) is 15.4. The van der Waals surface area contributed by atoms with Gasteiger partial charge in [0, 0.05) is 51.7 Å². The minimum Gasteiger partial charge on any atom is -0.454 e. The largest absolute Gasteiger partial charge is 0.454 e. The van der Waals surface area contributed by atoms with Crippen molar-refractivity contribution in [2.45, 2.75) is 31.8 Å². The Morgan fingerprint density at radius 2 is 1.85 bits per heavy atom. The van der Waals surface area contributed by atoms with E-state index in [1.807, 2.05) is 21.9 Å². The molecule has 1 aromatic rings. The van der Waals surface area contributed by atoms with Crippen molar-refractivity contribution < 1.29 is 19.1 Å². The van der Waals surface area contributed by atoms with Crippen LogP contribution in [0.3, 0.4) is 0 Å². The van der Waals surface area contributed by atoms with E-state index in [1.165, 1.54) is 5.56 Å². The van der Waals surface area contributed by atoms with Gasteiger partial charge >= 0.3 is 0 Å². The predicted octanol–water partition coefficient (Wildman–Crippen LogP) is 1.07. The van der Waals surface area contributed by atoms with Gasteiger partial charge in [-0.3, -0.25) is 14.5 Å². The summed E-state index contributed by atoms with van der Waals surface area (Å²) in [6.07, 6.45) is 2.60. The average molecular weight is 371 g/mol. The third-order valence-electron chi connectivity index (χ3n) is 6.02. The Morgan fingerprint density at radius 1 is 1.07 bits per heavy atom. The topological polar surface area (TPSA) is 62.3 Å². The van der Waals surface area contributed by atoms with Crippen molar-refractivity contribution in [3.63, 3.8) is 0 Å². The van der Waals surface area contributed by atoms with Gasteiger partial charge in [-0.1, -0.05) is 6.07 Å². The Labute approximate surface area is 158 Å². The number of rotatable bonds is 4. The molecule has 1 atom stereocenters. The Kier molecular flexibility index (Phi) is 4.19. The van der Waals surface area contributed by atoms with E-state index >= 15 is 0 Å². The lowest BCUT2D eigenvalue weighted by atomic mass is 10.1. The molecule has 144 valence electrons. The molecule has 0 radical (unpaired) electrons. The van der Waals surface area contributed by atoms with Crippen LogP contribution < -0.4 is 9.47 Å². The second kappa shape index (κ2) is 6.71. The van der Waals surface area contributed by atoms with Gasteiger partial charge in [-0.05, 0) is 30.5 Å². The minimum absolute atomic E-state index is 0.140. The molecule has 3 aliphatic heterocycles. The normalized spacial score (nSPS) is 25.3. The second-order valence-electron chi connectivity index (χ2n) is 7.97. The molecule has 7 nitrogen and oxygen atoms in total. The molecule has 1 unspecified atom stereocenters. The van der Waals surface area contributed by atoms with Gasteiger partial charge in [0.15, 0.2) is 11.5 Å². The van der Waals surface area contributed by atoms with Gasteiger partial charge in [0.25, 0.3) is 0 Å². The summed E-state index contributed by atoms with van der Waals surface area (Å²) in [6.45, 7) is 4.94. The number of amides is 2. The molecular weight excluding hydrogens is 346 g/mol. The molecule has 2 saturated heterocycles. The van der Waals surface area contributed by atoms with Gasteiger partial charge in [0.2, 0.25) is 18.6 Å². The van der Waals surface area contributed by atoms with E-state index in [4.69, 9.17) is 9.47 Å². The second-order valence-corrected chi connectivity index (χ2v) is 7.97. The summed E-state index contributed by atoms with van der Waals surface area (Å²) in [6, 6.07) is 6.48. The monoisotopic (exact) mass is 371 g/mol. The Balaban J connectivity index is 1.13. The molecule has 0 bridgehead atoms. The molecule has 1 aliphatic carbocycles. The van der Waals surface area contributed by atoms with Crippen LogP contribution in [0.25, 0.3) is 0 Å². The van der Waals surface area contributed by atoms with Crippen molar-refractivity contribution in [2.24, 2.45) is 5.92 Å². The van der Waals surface area contributed by atoms with Crippen molar-refractivity contribution in [1.29, 1.82) is 0 Å². The Morgan fingerprint density at radius 3 is 2.63 bits per heavy atom. The fourth-order valence-electron chi connectivity index (χ4n) is 4.32. The molecule has 3 fully saturated rings. The maximum absolute atomic E-state index is 12.8. The van der Waals surface area contributed by atoms with Crippen molar-refractivity contribution in [3.8, 4) is 11.5 Å². The van der Waals surface area contributed by atoms with E-state index < -0.39 is 0 Å². The lowest BCUT2D eigenvalue weighted by Gasteiger charge is -2.36. The molecule has 7 heteroatoms. The highest BCUT2D eigenvalue weighted by Gasteiger charge is 2.43. The highest BCUT2D eigenvalue weighted by molar-refractivity contribution is 5.89. The first-order valence-corrected chi connectivity index (χ1v) is 9.86. The molecule has 0 N–H and O–H groups in total. The summed E-state index contributed by atoms with van der Waals surface area (Å²) in [5, 5.41) is 0. The zero-order chi connectivity index (χ0) is 18.4. The summed E-state index contributed by atoms with van der Waals surface area (Å²) in [5.41, 5.74) is 1.19. The number of likely N-dealkylation sites (tertiary alicyclic amines) is 1. The standard InChI is InChI=1S/C20H25N3O4/c24-19-10-15(12-23(19)16-2-3-16)20(25)22-7-5-21(6-8-22)11-14-1-4-17-18(9-14)27-13-26-17/h1,4,9,15-16H,2-3,5-8,10-13H2. The fourth-order valence-corrected chi connectivity index (χ4v) is 4.32. The summed E-state index contributed by atoms with van der Waals surface area (Å²) in [4.78, 5) is 31.2. The van der Waals surface area contributed by atoms with Crippen molar-refractivity contribution in [2.75, 3.05) is 39.5 Å². The molecule has 0 aromatic heterocycles. The maximum Gasteiger partial charge on any atom is 0.231 e. The number of carbonyl (C=O) groups excluding carboxylic acids is 2. The van der Waals surface area contributed by atoms with Gasteiger partial charge in [0.1, 0.15) is 0 Å². The fraction of sp³-hybridized carbons (Fsp3) is 0.600. The third kappa shape index (κ3) is 3.36. The molecular formula is C20H25N3O4. The average Bonchev–Trinajstić information content (AvgIpc) is 3.28. The summed E-state index contributed by atoms with van der Waals surface area (Å²) in [5.74, 6) is 1.80. The van der Waals surface area contributed by atoms with Gasteiger partial charge < -0.3 is 19.3 Å². The first kappa shape index (κ1) is 16.9. The molecule has 2 amide bonds. The molecule has 1 aromatic carbocycles. The molecule has 0 spiro atoms. The van der Waals surface area contributed by atoms with E-state index in [2.05, 4.69) is 11.0 Å². The quantitative estimate of drug-likeness (QED) is 0.792. The highest BCUT2D eigenvalue weighted by atomic mass is 16.7. The smallest absolute Gasteiger partial charge is 0.231 e. The zero-order valence-corrected chi connectivity index (χ0v) is 15.4. The third-order valence-corrected chi connectivity index (χ3v) is 6.02. The number of hydrogen-bond donors (Lipinski definition) is 0. The number of carbonyl (C=O) groups is 2. The Bertz CT molecular complexity index is 756. The first-order valence-electron chi connectivity index (χ1n) is 9.86. The lowest BCUT2D eigenvalue weighted by Crippen LogP contribution is -2.50. The minimum atomic E-state index is -0.140. The van der Waals surface area contributed by atoms with Crippen LogP contribution in [0.4, 0.5) is 0 Å². The van der Waals surface area contributed by atoms with Crippen LogP contribution in [-0.2, 0) is 16.1 Å². The van der Waals surface area contributed by atoms with Crippen molar-refractivity contribution >= 4 is 11.8 Å². The van der Waals surface area contributed by atoms with Crippen molar-refractivity contribution in [1.82, 2.24) is 14.7 Å². The number of nitrogens with zero attached hydrogens (tertiary/aromatic N) is 3. The van der Waals surface area contributed by atoms with E-state index in [0.717, 1.165) is 57.1 Å². The summed E-state index contributed by atoms with van der Waals surface area (Å²) in [7, 11) is 0.